The maximum Gasteiger partial charge on any atom is 0.323 e. The lowest BCUT2D eigenvalue weighted by molar-refractivity contribution is 0.112. The van der Waals surface area contributed by atoms with Crippen LogP contribution >= 0.6 is 91.3 Å². The molecule has 3 aromatic heterocycles. The van der Waals surface area contributed by atoms with Crippen molar-refractivity contribution >= 4 is 91.3 Å². The standard InChI is InChI=1S/C10H8BrClFN3O2.C4H5Br2N3O.C2HBr2N3/c1-17-5-16-10(14-9(11)15-16)18-8-3-6(12)2-7(13)4-8;1-10-2-9-4(6)7-3(5)8-9;3-1-5-2(4)7-6-1/h2-4H,5H2,1H3;2H2,1H3;(H,5,6,7). The molecule has 0 unspecified atom stereocenters. The van der Waals surface area contributed by atoms with E-state index in [0.717, 1.165) is 0 Å². The van der Waals surface area contributed by atoms with Gasteiger partial charge >= 0.3 is 6.01 Å². The van der Waals surface area contributed by atoms with Crippen LogP contribution in [0.25, 0.3) is 0 Å². The minimum absolute atomic E-state index is 0.164. The van der Waals surface area contributed by atoms with Crippen molar-refractivity contribution < 1.29 is 18.6 Å². The van der Waals surface area contributed by atoms with Crippen LogP contribution in [0.1, 0.15) is 0 Å². The average Bonchev–Trinajstić information content (AvgIpc) is 3.41. The van der Waals surface area contributed by atoms with Crippen molar-refractivity contribution in [2.75, 3.05) is 14.2 Å². The molecule has 0 aliphatic rings. The maximum atomic E-state index is 13.1. The quantitative estimate of drug-likeness (QED) is 0.250. The number of nitrogens with zero attached hydrogens (tertiary/aromatic N) is 8. The molecule has 0 aliphatic carbocycles. The van der Waals surface area contributed by atoms with Crippen LogP contribution in [-0.2, 0) is 22.9 Å². The molecule has 0 saturated heterocycles. The zero-order valence-electron chi connectivity index (χ0n) is 17.6. The third-order valence-corrected chi connectivity index (χ3v) is 5.38. The summed E-state index contributed by atoms with van der Waals surface area (Å²) in [6.45, 7) is 0.566. The Kier molecular flexibility index (Phi) is 13.2. The second kappa shape index (κ2) is 15.3. The number of aromatic amines is 1. The van der Waals surface area contributed by atoms with Gasteiger partial charge in [-0.1, -0.05) is 11.6 Å². The monoisotopic (exact) mass is 829 g/mol. The Hall–Kier alpha value is -1.02. The molecule has 0 aliphatic heterocycles. The summed E-state index contributed by atoms with van der Waals surface area (Å²) in [6.07, 6.45) is 0. The number of H-pyrrole nitrogens is 1. The van der Waals surface area contributed by atoms with Gasteiger partial charge in [-0.05, 0) is 91.8 Å². The Labute approximate surface area is 244 Å². The number of hydrogen-bond donors (Lipinski definition) is 1. The van der Waals surface area contributed by atoms with Crippen LogP contribution in [0.4, 0.5) is 4.39 Å². The zero-order valence-corrected chi connectivity index (χ0v) is 26.3. The number of methoxy groups -OCH3 is 2. The molecule has 190 valence electrons. The van der Waals surface area contributed by atoms with Gasteiger partial charge in [0.1, 0.15) is 25.0 Å². The predicted molar refractivity (Wildman–Crippen MR) is 140 cm³/mol. The molecule has 0 radical (unpaired) electrons. The molecule has 0 amide bonds. The minimum atomic E-state index is -0.491. The van der Waals surface area contributed by atoms with E-state index in [1.54, 1.807) is 11.8 Å². The van der Waals surface area contributed by atoms with Crippen molar-refractivity contribution in [1.29, 1.82) is 0 Å². The van der Waals surface area contributed by atoms with Crippen molar-refractivity contribution in [3.05, 3.63) is 52.7 Å². The van der Waals surface area contributed by atoms with E-state index >= 15 is 0 Å². The molecule has 1 aromatic carbocycles. The third-order valence-electron chi connectivity index (χ3n) is 3.19. The first kappa shape index (κ1) is 30.2. The molecular weight excluding hydrogens is 820 g/mol. The summed E-state index contributed by atoms with van der Waals surface area (Å²) in [4.78, 5) is 11.7. The number of rotatable bonds is 6. The summed E-state index contributed by atoms with van der Waals surface area (Å²) in [7, 11) is 3.11. The third kappa shape index (κ3) is 10.9. The van der Waals surface area contributed by atoms with Crippen LogP contribution in [0.15, 0.2) is 41.9 Å². The normalized spacial score (nSPS) is 10.3. The Balaban J connectivity index is 0.000000212. The molecule has 0 spiro atoms. The topological polar surface area (TPSA) is 131 Å². The predicted octanol–water partition coefficient (Wildman–Crippen LogP) is 5.97. The summed E-state index contributed by atoms with van der Waals surface area (Å²) in [6, 6.07) is 4.03. The van der Waals surface area contributed by atoms with Gasteiger partial charge in [-0.2, -0.15) is 19.6 Å². The number of hydrogen-bond acceptors (Lipinski definition) is 9. The lowest BCUT2D eigenvalue weighted by Crippen LogP contribution is -2.04. The van der Waals surface area contributed by atoms with Crippen molar-refractivity contribution in [3.63, 3.8) is 0 Å². The number of ether oxygens (including phenoxy) is 3. The fraction of sp³-hybridized carbons (Fsp3) is 0.250. The van der Waals surface area contributed by atoms with Gasteiger partial charge in [-0.25, -0.2) is 9.07 Å². The Bertz CT molecular complexity index is 1190. The molecular formula is C16H14Br5ClFN9O3. The molecule has 3 heterocycles. The second-order valence-electron chi connectivity index (χ2n) is 5.75. The minimum Gasteiger partial charge on any atom is -0.424 e. The van der Waals surface area contributed by atoms with Gasteiger partial charge in [0.05, 0.1) is 0 Å². The van der Waals surface area contributed by atoms with Crippen molar-refractivity contribution in [2.45, 2.75) is 13.5 Å². The summed E-state index contributed by atoms with van der Waals surface area (Å²) >= 11 is 21.3. The van der Waals surface area contributed by atoms with Crippen LogP contribution in [0, 0.1) is 5.82 Å². The summed E-state index contributed by atoms with van der Waals surface area (Å²) in [5.74, 6) is -0.258. The lowest BCUT2D eigenvalue weighted by Gasteiger charge is -2.06. The van der Waals surface area contributed by atoms with Gasteiger partial charge in [-0.3, -0.25) is 5.10 Å². The molecule has 1 N–H and O–H groups in total. The zero-order chi connectivity index (χ0) is 26.0. The molecule has 0 bridgehead atoms. The summed E-state index contributed by atoms with van der Waals surface area (Å²) in [5.41, 5.74) is 0. The first-order valence-electron chi connectivity index (χ1n) is 8.82. The second-order valence-corrected chi connectivity index (χ2v) is 9.78. The Morgan fingerprint density at radius 2 is 1.51 bits per heavy atom. The number of halogens is 7. The number of nitrogens with one attached hydrogen (secondary N) is 1. The lowest BCUT2D eigenvalue weighted by atomic mass is 10.3. The smallest absolute Gasteiger partial charge is 0.323 e. The van der Waals surface area contributed by atoms with E-state index in [0.29, 0.717) is 30.4 Å². The van der Waals surface area contributed by atoms with Gasteiger partial charge in [0, 0.05) is 25.3 Å². The molecule has 0 saturated carbocycles. The van der Waals surface area contributed by atoms with Gasteiger partial charge in [0.15, 0.2) is 9.47 Å². The van der Waals surface area contributed by atoms with Gasteiger partial charge in [0.25, 0.3) is 0 Å². The van der Waals surface area contributed by atoms with Gasteiger partial charge < -0.3 is 14.2 Å². The van der Waals surface area contributed by atoms with Crippen LogP contribution < -0.4 is 4.74 Å². The number of benzene rings is 1. The summed E-state index contributed by atoms with van der Waals surface area (Å²) in [5, 5.41) is 14.4. The van der Waals surface area contributed by atoms with Gasteiger partial charge in [-0.15, -0.1) is 15.3 Å². The van der Waals surface area contributed by atoms with Crippen molar-refractivity contribution in [3.8, 4) is 11.8 Å². The highest BCUT2D eigenvalue weighted by molar-refractivity contribution is 9.11. The molecule has 35 heavy (non-hydrogen) atoms. The highest BCUT2D eigenvalue weighted by atomic mass is 79.9. The average molecular weight is 834 g/mol. The first-order chi connectivity index (χ1) is 16.6. The van der Waals surface area contributed by atoms with Crippen molar-refractivity contribution in [2.24, 2.45) is 0 Å². The first-order valence-corrected chi connectivity index (χ1v) is 13.2. The Morgan fingerprint density at radius 3 is 2.00 bits per heavy atom. The molecule has 4 rings (SSSR count). The van der Waals surface area contributed by atoms with E-state index in [2.05, 4.69) is 115 Å². The molecule has 0 atom stereocenters. The van der Waals surface area contributed by atoms with Crippen LogP contribution in [0.3, 0.4) is 0 Å². The fourth-order valence-corrected chi connectivity index (χ4v) is 4.26. The van der Waals surface area contributed by atoms with Gasteiger partial charge in [0.2, 0.25) is 14.2 Å². The molecule has 4 aromatic rings. The van der Waals surface area contributed by atoms with Crippen LogP contribution in [-0.4, -0.2) is 58.9 Å². The summed E-state index contributed by atoms with van der Waals surface area (Å²) < 4.78 is 34.0. The largest absolute Gasteiger partial charge is 0.424 e. The highest BCUT2D eigenvalue weighted by Crippen LogP contribution is 2.25. The number of aromatic nitrogens is 9. The molecule has 0 fully saturated rings. The van der Waals surface area contributed by atoms with E-state index in [9.17, 15) is 4.39 Å². The van der Waals surface area contributed by atoms with E-state index in [1.807, 2.05) is 0 Å². The molecule has 12 nitrogen and oxygen atoms in total. The van der Waals surface area contributed by atoms with E-state index in [1.165, 1.54) is 30.0 Å². The van der Waals surface area contributed by atoms with Crippen LogP contribution in [0.5, 0.6) is 11.8 Å². The van der Waals surface area contributed by atoms with E-state index in [-0.39, 0.29) is 23.5 Å². The van der Waals surface area contributed by atoms with E-state index in [4.69, 9.17) is 25.8 Å². The Morgan fingerprint density at radius 1 is 0.886 bits per heavy atom. The SMILES string of the molecule is Brc1n[nH]c(Br)n1.COCn1nc(Br)nc1Br.COCn1nc(Br)nc1Oc1cc(F)cc(Cl)c1. The molecule has 19 heteroatoms. The highest BCUT2D eigenvalue weighted by Gasteiger charge is 2.11. The maximum absolute atomic E-state index is 13.1. The fourth-order valence-electron chi connectivity index (χ4n) is 2.00. The van der Waals surface area contributed by atoms with Crippen molar-refractivity contribution in [1.82, 2.24) is 44.7 Å². The van der Waals surface area contributed by atoms with E-state index < -0.39 is 5.82 Å². The van der Waals surface area contributed by atoms with Crippen LogP contribution in [0.2, 0.25) is 5.02 Å².